The van der Waals surface area contributed by atoms with E-state index >= 15 is 0 Å². The molecule has 0 saturated heterocycles. The molecule has 32 heavy (non-hydrogen) atoms. The zero-order chi connectivity index (χ0) is 23.1. The SMILES string of the molecule is CC(C)[C@@H]1C[C@H](O[Si](c2ccccc2)(c2ccccc2)C(C)(C)C)[C@@]2(C)C=CC(=O)C=C12. The Morgan fingerprint density at radius 2 is 1.50 bits per heavy atom. The lowest BCUT2D eigenvalue weighted by Gasteiger charge is -2.47. The number of ketones is 1. The monoisotopic (exact) mass is 444 g/mol. The van der Waals surface area contributed by atoms with Crippen LogP contribution in [-0.2, 0) is 9.22 Å². The number of carbonyl (C=O) groups is 1. The lowest BCUT2D eigenvalue weighted by molar-refractivity contribution is -0.110. The van der Waals surface area contributed by atoms with Crippen molar-refractivity contribution >= 4 is 24.5 Å². The Kier molecular flexibility index (Phi) is 5.93. The lowest BCUT2D eigenvalue weighted by Crippen LogP contribution is -2.68. The van der Waals surface area contributed by atoms with Gasteiger partial charge in [-0.1, -0.05) is 107 Å². The van der Waals surface area contributed by atoms with Gasteiger partial charge in [0.25, 0.3) is 8.32 Å². The summed E-state index contributed by atoms with van der Waals surface area (Å²) in [5.41, 5.74) is 0.999. The van der Waals surface area contributed by atoms with Crippen molar-refractivity contribution in [3.8, 4) is 0 Å². The average Bonchev–Trinajstić information content (AvgIpc) is 3.04. The zero-order valence-corrected chi connectivity index (χ0v) is 21.3. The Labute approximate surface area is 194 Å². The van der Waals surface area contributed by atoms with Gasteiger partial charge in [-0.25, -0.2) is 0 Å². The van der Waals surface area contributed by atoms with Crippen LogP contribution < -0.4 is 10.4 Å². The maximum atomic E-state index is 12.3. The van der Waals surface area contributed by atoms with Crippen LogP contribution in [0.15, 0.2) is 84.5 Å². The third kappa shape index (κ3) is 3.66. The van der Waals surface area contributed by atoms with E-state index in [9.17, 15) is 4.79 Å². The second-order valence-corrected chi connectivity index (χ2v) is 15.2. The minimum absolute atomic E-state index is 0.0248. The van der Waals surface area contributed by atoms with Crippen LogP contribution in [0.4, 0.5) is 0 Å². The molecule has 0 spiro atoms. The van der Waals surface area contributed by atoms with Gasteiger partial charge in [-0.05, 0) is 52.7 Å². The van der Waals surface area contributed by atoms with Gasteiger partial charge in [0, 0.05) is 5.41 Å². The molecule has 3 heteroatoms. The van der Waals surface area contributed by atoms with Crippen molar-refractivity contribution in [3.05, 3.63) is 84.5 Å². The zero-order valence-electron chi connectivity index (χ0n) is 20.3. The molecule has 1 fully saturated rings. The van der Waals surface area contributed by atoms with Crippen LogP contribution >= 0.6 is 0 Å². The first-order valence-corrected chi connectivity index (χ1v) is 13.7. The highest BCUT2D eigenvalue weighted by Gasteiger charge is 2.57. The lowest BCUT2D eigenvalue weighted by atomic mass is 9.75. The van der Waals surface area contributed by atoms with Crippen LogP contribution in [0.1, 0.15) is 48.0 Å². The average molecular weight is 445 g/mol. The van der Waals surface area contributed by atoms with Crippen LogP contribution in [0.25, 0.3) is 0 Å². The molecule has 0 unspecified atom stereocenters. The Hall–Kier alpha value is -2.23. The summed E-state index contributed by atoms with van der Waals surface area (Å²) in [7, 11) is -2.67. The number of benzene rings is 2. The van der Waals surface area contributed by atoms with E-state index in [1.807, 2.05) is 6.08 Å². The first-order chi connectivity index (χ1) is 15.1. The quantitative estimate of drug-likeness (QED) is 0.555. The highest BCUT2D eigenvalue weighted by Crippen LogP contribution is 2.54. The normalized spacial score (nSPS) is 25.7. The Morgan fingerprint density at radius 1 is 0.969 bits per heavy atom. The fourth-order valence-corrected chi connectivity index (χ4v) is 10.6. The van der Waals surface area contributed by atoms with Crippen molar-refractivity contribution in [2.75, 3.05) is 0 Å². The third-order valence-electron chi connectivity index (χ3n) is 7.59. The van der Waals surface area contributed by atoms with Crippen LogP contribution in [-0.4, -0.2) is 20.2 Å². The second kappa shape index (κ2) is 8.28. The van der Waals surface area contributed by atoms with E-state index in [0.717, 1.165) is 6.42 Å². The summed E-state index contributed by atoms with van der Waals surface area (Å²) in [5.74, 6) is 0.930. The van der Waals surface area contributed by atoms with E-state index in [0.29, 0.717) is 11.8 Å². The molecule has 3 atom stereocenters. The molecule has 0 N–H and O–H groups in total. The molecule has 4 rings (SSSR count). The summed E-state index contributed by atoms with van der Waals surface area (Å²) in [6, 6.07) is 21.7. The third-order valence-corrected chi connectivity index (χ3v) is 12.6. The van der Waals surface area contributed by atoms with Crippen molar-refractivity contribution < 1.29 is 9.22 Å². The number of rotatable bonds is 5. The van der Waals surface area contributed by atoms with Crippen LogP contribution in [0.5, 0.6) is 0 Å². The maximum absolute atomic E-state index is 12.3. The number of fused-ring (bicyclic) bond motifs is 1. The van der Waals surface area contributed by atoms with Gasteiger partial charge in [0.2, 0.25) is 0 Å². The number of carbonyl (C=O) groups excluding carboxylic acids is 1. The molecule has 2 aliphatic rings. The van der Waals surface area contributed by atoms with Crippen molar-refractivity contribution in [1.82, 2.24) is 0 Å². The van der Waals surface area contributed by atoms with Crippen molar-refractivity contribution in [2.24, 2.45) is 17.3 Å². The number of hydrogen-bond acceptors (Lipinski definition) is 2. The molecule has 1 saturated carbocycles. The Morgan fingerprint density at radius 3 is 1.97 bits per heavy atom. The smallest absolute Gasteiger partial charge is 0.261 e. The molecule has 0 aromatic heterocycles. The van der Waals surface area contributed by atoms with Crippen LogP contribution in [0.2, 0.25) is 5.04 Å². The van der Waals surface area contributed by atoms with Gasteiger partial charge in [0.1, 0.15) is 0 Å². The second-order valence-electron chi connectivity index (χ2n) is 11.0. The predicted octanol–water partition coefficient (Wildman–Crippen LogP) is 5.68. The molecular formula is C29H36O2Si. The fourth-order valence-electron chi connectivity index (χ4n) is 5.82. The molecule has 2 nitrogen and oxygen atoms in total. The molecule has 168 valence electrons. The van der Waals surface area contributed by atoms with Gasteiger partial charge in [0.15, 0.2) is 5.78 Å². The van der Waals surface area contributed by atoms with Crippen LogP contribution in [0, 0.1) is 17.3 Å². The van der Waals surface area contributed by atoms with E-state index in [-0.39, 0.29) is 22.3 Å². The van der Waals surface area contributed by atoms with E-state index in [1.54, 1.807) is 6.08 Å². The molecular weight excluding hydrogens is 408 g/mol. The molecule has 0 amide bonds. The summed E-state index contributed by atoms with van der Waals surface area (Å²) < 4.78 is 7.56. The predicted molar refractivity (Wildman–Crippen MR) is 136 cm³/mol. The Bertz CT molecular complexity index is 990. The molecule has 2 aromatic rings. The first kappa shape index (κ1) is 22.9. The van der Waals surface area contributed by atoms with Crippen molar-refractivity contribution in [3.63, 3.8) is 0 Å². The summed E-state index contributed by atoms with van der Waals surface area (Å²) in [4.78, 5) is 12.3. The minimum Gasteiger partial charge on any atom is -0.403 e. The molecule has 0 bridgehead atoms. The molecule has 0 aliphatic heterocycles. The first-order valence-electron chi connectivity index (χ1n) is 11.8. The molecule has 2 aromatic carbocycles. The highest BCUT2D eigenvalue weighted by atomic mass is 28.4. The number of allylic oxidation sites excluding steroid dienone is 2. The maximum Gasteiger partial charge on any atom is 0.261 e. The van der Waals surface area contributed by atoms with Gasteiger partial charge < -0.3 is 4.43 Å². The summed E-state index contributed by atoms with van der Waals surface area (Å²) in [6.07, 6.45) is 6.72. The molecule has 2 aliphatic carbocycles. The number of hydrogen-bond donors (Lipinski definition) is 0. The van der Waals surface area contributed by atoms with E-state index in [2.05, 4.69) is 108 Å². The van der Waals surface area contributed by atoms with Gasteiger partial charge in [-0.3, -0.25) is 4.79 Å². The van der Waals surface area contributed by atoms with Crippen molar-refractivity contribution in [2.45, 2.75) is 59.1 Å². The van der Waals surface area contributed by atoms with Gasteiger partial charge in [-0.15, -0.1) is 0 Å². The molecule has 0 radical (unpaired) electrons. The van der Waals surface area contributed by atoms with Gasteiger partial charge in [-0.2, -0.15) is 0 Å². The highest BCUT2D eigenvalue weighted by molar-refractivity contribution is 6.99. The summed E-state index contributed by atoms with van der Waals surface area (Å²) in [6.45, 7) is 13.8. The minimum atomic E-state index is -2.67. The Balaban J connectivity index is 1.90. The fraction of sp³-hybridized carbons (Fsp3) is 0.414. The largest absolute Gasteiger partial charge is 0.403 e. The summed E-state index contributed by atoms with van der Waals surface area (Å²) >= 11 is 0. The van der Waals surface area contributed by atoms with Gasteiger partial charge >= 0.3 is 0 Å². The topological polar surface area (TPSA) is 26.3 Å². The molecule has 0 heterocycles. The van der Waals surface area contributed by atoms with Gasteiger partial charge in [0.05, 0.1) is 6.10 Å². The summed E-state index contributed by atoms with van der Waals surface area (Å²) in [5, 5.41) is 2.54. The standard InChI is InChI=1S/C29H36O2Si/c1-21(2)25-20-27(29(6)18-17-22(30)19-26(25)29)31-32(28(3,4)5,23-13-9-7-10-14-23)24-15-11-8-12-16-24/h7-19,21,25,27H,20H2,1-6H3/t25-,27-,29-/m0/s1. The van der Waals surface area contributed by atoms with Crippen molar-refractivity contribution in [1.29, 1.82) is 0 Å². The van der Waals surface area contributed by atoms with E-state index in [4.69, 9.17) is 4.43 Å². The van der Waals surface area contributed by atoms with Crippen LogP contribution in [0.3, 0.4) is 0 Å². The van der Waals surface area contributed by atoms with E-state index < -0.39 is 8.32 Å². The van der Waals surface area contributed by atoms with E-state index in [1.165, 1.54) is 15.9 Å².